The molecule has 2 amide bonds. The minimum absolute atomic E-state index is 0.0538. The van der Waals surface area contributed by atoms with Crippen molar-refractivity contribution < 1.29 is 14.7 Å². The lowest BCUT2D eigenvalue weighted by molar-refractivity contribution is -0.117. The molecule has 1 unspecified atom stereocenters. The topological polar surface area (TPSA) is 78.4 Å². The molecule has 3 N–H and O–H groups in total. The van der Waals surface area contributed by atoms with Crippen molar-refractivity contribution in [3.8, 4) is 0 Å². The van der Waals surface area contributed by atoms with Crippen LogP contribution in [0.1, 0.15) is 49.5 Å². The molecule has 1 aromatic carbocycles. The van der Waals surface area contributed by atoms with E-state index in [4.69, 9.17) is 0 Å². The van der Waals surface area contributed by atoms with Crippen molar-refractivity contribution >= 4 is 17.9 Å². The number of amides is 2. The Morgan fingerprint density at radius 3 is 2.42 bits per heavy atom. The fourth-order valence-corrected chi connectivity index (χ4v) is 1.98. The van der Waals surface area contributed by atoms with Crippen LogP contribution in [0.25, 0.3) is 6.08 Å². The highest BCUT2D eigenvalue weighted by molar-refractivity contribution is 5.95. The van der Waals surface area contributed by atoms with Crippen LogP contribution in [0.15, 0.2) is 30.3 Å². The van der Waals surface area contributed by atoms with Crippen molar-refractivity contribution in [1.29, 1.82) is 0 Å². The van der Waals surface area contributed by atoms with Crippen LogP contribution in [0.5, 0.6) is 0 Å². The fraction of sp³-hybridized carbons (Fsp3) is 0.474. The third kappa shape index (κ3) is 5.81. The fourth-order valence-electron chi connectivity index (χ4n) is 1.98. The van der Waals surface area contributed by atoms with Crippen molar-refractivity contribution in [1.82, 2.24) is 10.6 Å². The number of aliphatic hydroxyl groups is 1. The highest BCUT2D eigenvalue weighted by Gasteiger charge is 2.23. The second-order valence-corrected chi connectivity index (χ2v) is 7.33. The van der Waals surface area contributed by atoms with Crippen LogP contribution in [-0.4, -0.2) is 35.6 Å². The van der Waals surface area contributed by atoms with E-state index in [-0.39, 0.29) is 23.8 Å². The summed E-state index contributed by atoms with van der Waals surface area (Å²) < 4.78 is 0. The van der Waals surface area contributed by atoms with Gasteiger partial charge in [-0.15, -0.1) is 0 Å². The molecule has 0 aromatic heterocycles. The van der Waals surface area contributed by atoms with E-state index in [2.05, 4.69) is 10.6 Å². The second kappa shape index (κ2) is 7.62. The summed E-state index contributed by atoms with van der Waals surface area (Å²) in [6, 6.07) is 7.44. The van der Waals surface area contributed by atoms with E-state index in [0.717, 1.165) is 18.4 Å². The highest BCUT2D eigenvalue weighted by Crippen LogP contribution is 2.19. The van der Waals surface area contributed by atoms with E-state index < -0.39 is 6.10 Å². The zero-order chi connectivity index (χ0) is 17.7. The Kier molecular flexibility index (Phi) is 5.78. The van der Waals surface area contributed by atoms with Gasteiger partial charge in [0.2, 0.25) is 5.91 Å². The van der Waals surface area contributed by atoms with Crippen molar-refractivity contribution in [2.75, 3.05) is 6.54 Å². The minimum atomic E-state index is -0.598. The minimum Gasteiger partial charge on any atom is -0.391 e. The summed E-state index contributed by atoms with van der Waals surface area (Å²) >= 11 is 0. The van der Waals surface area contributed by atoms with Crippen molar-refractivity contribution in [3.63, 3.8) is 0 Å². The molecule has 0 bridgehead atoms. The molecule has 1 atom stereocenters. The van der Waals surface area contributed by atoms with Gasteiger partial charge in [0.25, 0.3) is 5.91 Å². The molecule has 0 saturated heterocycles. The van der Waals surface area contributed by atoms with Gasteiger partial charge in [0.05, 0.1) is 6.10 Å². The molecular weight excluding hydrogens is 304 g/mol. The molecular formula is C19H26N2O3. The van der Waals surface area contributed by atoms with E-state index in [9.17, 15) is 14.7 Å². The SMILES string of the molecule is CC(C)(C)C(O)CNC(=O)/C=C/c1ccc(C(=O)NC2CC2)cc1. The van der Waals surface area contributed by atoms with E-state index in [1.807, 2.05) is 20.8 Å². The average Bonchev–Trinajstić information content (AvgIpc) is 3.34. The van der Waals surface area contributed by atoms with Gasteiger partial charge in [0, 0.05) is 24.2 Å². The summed E-state index contributed by atoms with van der Waals surface area (Å²) in [5.41, 5.74) is 1.19. The van der Waals surface area contributed by atoms with Crippen LogP contribution in [0.2, 0.25) is 0 Å². The van der Waals surface area contributed by atoms with Gasteiger partial charge in [0.15, 0.2) is 0 Å². The second-order valence-electron chi connectivity index (χ2n) is 7.33. The number of carbonyl (C=O) groups is 2. The predicted molar refractivity (Wildman–Crippen MR) is 94.4 cm³/mol. The van der Waals surface area contributed by atoms with Crippen molar-refractivity contribution in [2.45, 2.75) is 45.8 Å². The Morgan fingerprint density at radius 2 is 1.88 bits per heavy atom. The number of aliphatic hydroxyl groups excluding tert-OH is 1. The van der Waals surface area contributed by atoms with Crippen LogP contribution >= 0.6 is 0 Å². The maximum Gasteiger partial charge on any atom is 0.251 e. The van der Waals surface area contributed by atoms with Crippen LogP contribution in [0.4, 0.5) is 0 Å². The molecule has 0 aliphatic heterocycles. The first-order valence-electron chi connectivity index (χ1n) is 8.30. The standard InChI is InChI=1S/C19H26N2O3/c1-19(2,3)16(22)12-20-17(23)11-6-13-4-7-14(8-5-13)18(24)21-15-9-10-15/h4-8,11,15-16,22H,9-10,12H2,1-3H3,(H,20,23)(H,21,24)/b11-6+. The van der Waals surface area contributed by atoms with Gasteiger partial charge in [-0.2, -0.15) is 0 Å². The number of nitrogens with one attached hydrogen (secondary N) is 2. The lowest BCUT2D eigenvalue weighted by atomic mass is 9.89. The monoisotopic (exact) mass is 330 g/mol. The Morgan fingerprint density at radius 1 is 1.25 bits per heavy atom. The van der Waals surface area contributed by atoms with Gasteiger partial charge in [-0.05, 0) is 42.0 Å². The molecule has 1 fully saturated rings. The molecule has 5 heteroatoms. The summed E-state index contributed by atoms with van der Waals surface area (Å²) in [4.78, 5) is 23.7. The number of benzene rings is 1. The summed E-state index contributed by atoms with van der Waals surface area (Å²) in [5, 5.41) is 15.5. The Bertz CT molecular complexity index is 610. The summed E-state index contributed by atoms with van der Waals surface area (Å²) in [6.07, 6.45) is 4.63. The van der Waals surface area contributed by atoms with Gasteiger partial charge < -0.3 is 15.7 Å². The lowest BCUT2D eigenvalue weighted by Crippen LogP contribution is -2.38. The molecule has 0 spiro atoms. The first-order valence-corrected chi connectivity index (χ1v) is 8.30. The molecule has 0 heterocycles. The molecule has 24 heavy (non-hydrogen) atoms. The first-order chi connectivity index (χ1) is 11.3. The van der Waals surface area contributed by atoms with Crippen molar-refractivity contribution in [3.05, 3.63) is 41.5 Å². The summed E-state index contributed by atoms with van der Waals surface area (Å²) in [7, 11) is 0. The van der Waals surface area contributed by atoms with Crippen molar-refractivity contribution in [2.24, 2.45) is 5.41 Å². The molecule has 2 rings (SSSR count). The largest absolute Gasteiger partial charge is 0.391 e. The Balaban J connectivity index is 1.82. The van der Waals surface area contributed by atoms with Crippen LogP contribution < -0.4 is 10.6 Å². The van der Waals surface area contributed by atoms with Gasteiger partial charge in [-0.3, -0.25) is 9.59 Å². The number of hydrogen-bond donors (Lipinski definition) is 3. The molecule has 130 valence electrons. The molecule has 1 aliphatic carbocycles. The maximum absolute atomic E-state index is 11.9. The van der Waals surface area contributed by atoms with Gasteiger partial charge >= 0.3 is 0 Å². The van der Waals surface area contributed by atoms with Gasteiger partial charge in [0.1, 0.15) is 0 Å². The molecule has 1 saturated carbocycles. The third-order valence-corrected chi connectivity index (χ3v) is 3.98. The third-order valence-electron chi connectivity index (χ3n) is 3.98. The predicted octanol–water partition coefficient (Wildman–Crippen LogP) is 2.12. The van der Waals surface area contributed by atoms with E-state index in [0.29, 0.717) is 11.6 Å². The molecule has 1 aliphatic rings. The average molecular weight is 330 g/mol. The maximum atomic E-state index is 11.9. The lowest BCUT2D eigenvalue weighted by Gasteiger charge is -2.25. The summed E-state index contributed by atoms with van der Waals surface area (Å²) in [5.74, 6) is -0.309. The zero-order valence-electron chi connectivity index (χ0n) is 14.5. The van der Waals surface area contributed by atoms with E-state index in [1.54, 1.807) is 30.3 Å². The molecule has 0 radical (unpaired) electrons. The van der Waals surface area contributed by atoms with E-state index >= 15 is 0 Å². The number of carbonyl (C=O) groups excluding carboxylic acids is 2. The van der Waals surface area contributed by atoms with E-state index in [1.165, 1.54) is 6.08 Å². The normalized spacial score (nSPS) is 16.0. The quantitative estimate of drug-likeness (QED) is 0.699. The van der Waals surface area contributed by atoms with Crippen LogP contribution in [0, 0.1) is 5.41 Å². The molecule has 5 nitrogen and oxygen atoms in total. The van der Waals surface area contributed by atoms with Gasteiger partial charge in [-0.1, -0.05) is 32.9 Å². The summed E-state index contributed by atoms with van der Waals surface area (Å²) in [6.45, 7) is 5.97. The van der Waals surface area contributed by atoms with Crippen LogP contribution in [0.3, 0.4) is 0 Å². The number of hydrogen-bond acceptors (Lipinski definition) is 3. The Labute approximate surface area is 143 Å². The highest BCUT2D eigenvalue weighted by atomic mass is 16.3. The smallest absolute Gasteiger partial charge is 0.251 e. The van der Waals surface area contributed by atoms with Crippen LogP contribution in [-0.2, 0) is 4.79 Å². The first kappa shape index (κ1) is 18.2. The zero-order valence-corrected chi connectivity index (χ0v) is 14.5. The molecule has 1 aromatic rings. The van der Waals surface area contributed by atoms with Gasteiger partial charge in [-0.25, -0.2) is 0 Å². The number of rotatable bonds is 6. The Hall–Kier alpha value is -2.14.